The van der Waals surface area contributed by atoms with E-state index in [0.29, 0.717) is 6.10 Å². The van der Waals surface area contributed by atoms with Crippen molar-refractivity contribution in [1.29, 1.82) is 0 Å². The van der Waals surface area contributed by atoms with Crippen LogP contribution in [-0.2, 0) is 4.74 Å². The van der Waals surface area contributed by atoms with Gasteiger partial charge < -0.3 is 10.5 Å². The van der Waals surface area contributed by atoms with Crippen molar-refractivity contribution in [2.75, 3.05) is 18.1 Å². The van der Waals surface area contributed by atoms with E-state index in [1.54, 1.807) is 0 Å². The average Bonchev–Trinajstić information content (AvgIpc) is 2.92. The van der Waals surface area contributed by atoms with Gasteiger partial charge in [0.25, 0.3) is 0 Å². The summed E-state index contributed by atoms with van der Waals surface area (Å²) in [6.07, 6.45) is 5.25. The van der Waals surface area contributed by atoms with Crippen LogP contribution in [0.2, 0.25) is 0 Å². The molecule has 2 nitrogen and oxygen atoms in total. The molecule has 1 saturated carbocycles. The zero-order valence-corrected chi connectivity index (χ0v) is 9.81. The molecule has 1 saturated heterocycles. The molecule has 2 aliphatic rings. The molecule has 2 fully saturated rings. The lowest BCUT2D eigenvalue weighted by Gasteiger charge is -2.29. The van der Waals surface area contributed by atoms with Gasteiger partial charge in [-0.2, -0.15) is 11.8 Å². The summed E-state index contributed by atoms with van der Waals surface area (Å²) in [6, 6.07) is 0. The van der Waals surface area contributed by atoms with E-state index in [1.807, 2.05) is 11.8 Å². The Labute approximate surface area is 91.0 Å². The number of thioether (sulfide) groups is 1. The van der Waals surface area contributed by atoms with Gasteiger partial charge in [-0.15, -0.1) is 0 Å². The molecule has 0 amide bonds. The van der Waals surface area contributed by atoms with E-state index in [-0.39, 0.29) is 5.54 Å². The van der Waals surface area contributed by atoms with Crippen LogP contribution in [0.1, 0.15) is 32.6 Å². The van der Waals surface area contributed by atoms with E-state index in [2.05, 4.69) is 6.92 Å². The Hall–Kier alpha value is 0.270. The molecule has 2 N–H and O–H groups in total. The van der Waals surface area contributed by atoms with Gasteiger partial charge in [0.1, 0.15) is 0 Å². The molecule has 2 unspecified atom stereocenters. The van der Waals surface area contributed by atoms with E-state index in [9.17, 15) is 0 Å². The Kier molecular flexibility index (Phi) is 3.40. The number of rotatable bonds is 5. The van der Waals surface area contributed by atoms with Crippen molar-refractivity contribution in [1.82, 2.24) is 0 Å². The third kappa shape index (κ3) is 2.26. The van der Waals surface area contributed by atoms with Gasteiger partial charge in [0.05, 0.1) is 6.10 Å². The zero-order valence-electron chi connectivity index (χ0n) is 9.00. The Morgan fingerprint density at radius 2 is 2.29 bits per heavy atom. The SMILES string of the molecule is CCSCCC1(N)CCOC1C1CC1. The normalized spacial score (nSPS) is 37.7. The maximum atomic E-state index is 6.45. The van der Waals surface area contributed by atoms with E-state index >= 15 is 0 Å². The van der Waals surface area contributed by atoms with Crippen molar-refractivity contribution in [2.45, 2.75) is 44.2 Å². The fourth-order valence-electron chi connectivity index (χ4n) is 2.36. The summed E-state index contributed by atoms with van der Waals surface area (Å²) >= 11 is 1.99. The first-order chi connectivity index (χ1) is 6.76. The summed E-state index contributed by atoms with van der Waals surface area (Å²) in [5.74, 6) is 3.18. The van der Waals surface area contributed by atoms with Crippen LogP contribution in [0.4, 0.5) is 0 Å². The van der Waals surface area contributed by atoms with Gasteiger partial charge in [-0.05, 0) is 43.1 Å². The minimum atomic E-state index is 0.00331. The minimum Gasteiger partial charge on any atom is -0.376 e. The molecular formula is C11H21NOS. The lowest BCUT2D eigenvalue weighted by Crippen LogP contribution is -2.48. The molecule has 0 aromatic carbocycles. The molecule has 0 radical (unpaired) electrons. The van der Waals surface area contributed by atoms with Crippen molar-refractivity contribution in [3.8, 4) is 0 Å². The predicted octanol–water partition coefficient (Wildman–Crippen LogP) is 2.03. The molecule has 14 heavy (non-hydrogen) atoms. The first kappa shape index (κ1) is 10.8. The quantitative estimate of drug-likeness (QED) is 0.713. The topological polar surface area (TPSA) is 35.2 Å². The van der Waals surface area contributed by atoms with E-state index in [0.717, 1.165) is 25.4 Å². The number of hydrogen-bond donors (Lipinski definition) is 1. The second-order valence-electron chi connectivity index (χ2n) is 4.56. The molecule has 1 aliphatic heterocycles. The first-order valence-corrected chi connectivity index (χ1v) is 6.90. The smallest absolute Gasteiger partial charge is 0.0783 e. The van der Waals surface area contributed by atoms with Gasteiger partial charge in [-0.1, -0.05) is 6.92 Å². The Balaban J connectivity index is 1.84. The maximum absolute atomic E-state index is 6.45. The van der Waals surface area contributed by atoms with Gasteiger partial charge in [0.2, 0.25) is 0 Å². The highest BCUT2D eigenvalue weighted by Crippen LogP contribution is 2.43. The van der Waals surface area contributed by atoms with E-state index < -0.39 is 0 Å². The summed E-state index contributed by atoms with van der Waals surface area (Å²) in [7, 11) is 0. The lowest BCUT2D eigenvalue weighted by atomic mass is 9.87. The predicted molar refractivity (Wildman–Crippen MR) is 61.6 cm³/mol. The highest BCUT2D eigenvalue weighted by molar-refractivity contribution is 7.99. The van der Waals surface area contributed by atoms with Crippen LogP contribution in [0.5, 0.6) is 0 Å². The largest absolute Gasteiger partial charge is 0.376 e. The van der Waals surface area contributed by atoms with Crippen LogP contribution in [0.15, 0.2) is 0 Å². The lowest BCUT2D eigenvalue weighted by molar-refractivity contribution is 0.0619. The van der Waals surface area contributed by atoms with Crippen molar-refractivity contribution in [2.24, 2.45) is 11.7 Å². The fraction of sp³-hybridized carbons (Fsp3) is 1.00. The van der Waals surface area contributed by atoms with Crippen LogP contribution in [0.25, 0.3) is 0 Å². The maximum Gasteiger partial charge on any atom is 0.0783 e. The van der Waals surface area contributed by atoms with Crippen molar-refractivity contribution < 1.29 is 4.74 Å². The van der Waals surface area contributed by atoms with Crippen molar-refractivity contribution in [3.63, 3.8) is 0 Å². The van der Waals surface area contributed by atoms with Crippen molar-refractivity contribution >= 4 is 11.8 Å². The number of hydrogen-bond acceptors (Lipinski definition) is 3. The summed E-state index contributed by atoms with van der Waals surface area (Å²) in [5, 5.41) is 0. The second kappa shape index (κ2) is 4.42. The number of ether oxygens (including phenoxy) is 1. The highest BCUT2D eigenvalue weighted by Gasteiger charge is 2.48. The number of nitrogens with two attached hydrogens (primary N) is 1. The molecule has 1 aliphatic carbocycles. The summed E-state index contributed by atoms with van der Waals surface area (Å²) in [5.41, 5.74) is 6.45. The van der Waals surface area contributed by atoms with Gasteiger partial charge in [-0.3, -0.25) is 0 Å². The first-order valence-electron chi connectivity index (χ1n) is 5.74. The molecule has 2 atom stereocenters. The van der Waals surface area contributed by atoms with Crippen LogP contribution in [0, 0.1) is 5.92 Å². The van der Waals surface area contributed by atoms with Crippen LogP contribution >= 0.6 is 11.8 Å². The van der Waals surface area contributed by atoms with Crippen LogP contribution < -0.4 is 5.73 Å². The molecule has 2 rings (SSSR count). The minimum absolute atomic E-state index is 0.00331. The van der Waals surface area contributed by atoms with E-state index in [4.69, 9.17) is 10.5 Å². The van der Waals surface area contributed by atoms with E-state index in [1.165, 1.54) is 24.3 Å². The molecular weight excluding hydrogens is 194 g/mol. The van der Waals surface area contributed by atoms with Crippen LogP contribution in [0.3, 0.4) is 0 Å². The summed E-state index contributed by atoms with van der Waals surface area (Å²) < 4.78 is 5.79. The standard InChI is InChI=1S/C11H21NOS/c1-2-14-8-6-11(12)5-7-13-10(11)9-3-4-9/h9-10H,2-8,12H2,1H3. The third-order valence-electron chi connectivity index (χ3n) is 3.40. The molecule has 0 bridgehead atoms. The second-order valence-corrected chi connectivity index (χ2v) is 5.95. The molecule has 0 spiro atoms. The average molecular weight is 215 g/mol. The molecule has 82 valence electrons. The Morgan fingerprint density at radius 1 is 1.50 bits per heavy atom. The third-order valence-corrected chi connectivity index (χ3v) is 4.30. The summed E-state index contributed by atoms with van der Waals surface area (Å²) in [6.45, 7) is 3.09. The van der Waals surface area contributed by atoms with Gasteiger partial charge in [0.15, 0.2) is 0 Å². The van der Waals surface area contributed by atoms with Crippen LogP contribution in [-0.4, -0.2) is 29.8 Å². The fourth-order valence-corrected chi connectivity index (χ4v) is 3.18. The highest BCUT2D eigenvalue weighted by atomic mass is 32.2. The van der Waals surface area contributed by atoms with Crippen molar-refractivity contribution in [3.05, 3.63) is 0 Å². The Bertz CT molecular complexity index is 196. The summed E-state index contributed by atoms with van der Waals surface area (Å²) in [4.78, 5) is 0. The Morgan fingerprint density at radius 3 is 2.93 bits per heavy atom. The molecule has 1 heterocycles. The molecule has 0 aromatic rings. The monoisotopic (exact) mass is 215 g/mol. The van der Waals surface area contributed by atoms with Gasteiger partial charge in [0, 0.05) is 12.1 Å². The molecule has 0 aromatic heterocycles. The molecule has 3 heteroatoms. The zero-order chi connectivity index (χ0) is 10.0. The van der Waals surface area contributed by atoms with Gasteiger partial charge >= 0.3 is 0 Å². The van der Waals surface area contributed by atoms with Gasteiger partial charge in [-0.25, -0.2) is 0 Å².